The fourth-order valence-corrected chi connectivity index (χ4v) is 2.17. The average Bonchev–Trinajstić information content (AvgIpc) is 2.52. The lowest BCUT2D eigenvalue weighted by Crippen LogP contribution is -2.36. The normalized spacial score (nSPS) is 11.9. The summed E-state index contributed by atoms with van der Waals surface area (Å²) in [4.78, 5) is 6.43. The lowest BCUT2D eigenvalue weighted by Gasteiger charge is -2.25. The lowest BCUT2D eigenvalue weighted by atomic mass is 10.1. The van der Waals surface area contributed by atoms with Gasteiger partial charge in [-0.3, -0.25) is 0 Å². The minimum absolute atomic E-state index is 0.334. The van der Waals surface area contributed by atoms with Crippen LogP contribution in [0.3, 0.4) is 0 Å². The molecule has 0 aliphatic heterocycles. The first-order valence-electron chi connectivity index (χ1n) is 7.00. The molecule has 0 saturated heterocycles. The summed E-state index contributed by atoms with van der Waals surface area (Å²) in [7, 11) is 4.14. The maximum atomic E-state index is 9.09. The smallest absolute Gasteiger partial charge is 0.143 e. The highest BCUT2D eigenvalue weighted by Crippen LogP contribution is 2.12. The van der Waals surface area contributed by atoms with E-state index in [1.807, 2.05) is 6.07 Å². The van der Waals surface area contributed by atoms with E-state index in [0.717, 1.165) is 13.0 Å². The van der Waals surface area contributed by atoms with Crippen LogP contribution >= 0.6 is 0 Å². The van der Waals surface area contributed by atoms with Crippen LogP contribution in [0.15, 0.2) is 48.7 Å². The van der Waals surface area contributed by atoms with E-state index in [0.29, 0.717) is 17.4 Å². The Morgan fingerprint density at radius 2 is 1.95 bits per heavy atom. The standard InChI is InChI=1S/C17H20N4/c1-21(2)16(11-14-7-4-3-5-8-14)13-20-17-15(12-18)9-6-10-19-17/h3-10,16H,11,13H2,1-2H3,(H,19,20). The number of nitriles is 1. The quantitative estimate of drug-likeness (QED) is 0.883. The summed E-state index contributed by atoms with van der Waals surface area (Å²) in [5.41, 5.74) is 1.88. The number of nitrogens with zero attached hydrogens (tertiary/aromatic N) is 3. The van der Waals surface area contributed by atoms with Gasteiger partial charge in [0.05, 0.1) is 5.56 Å². The molecule has 0 fully saturated rings. The molecule has 2 aromatic rings. The Bertz CT molecular complexity index is 602. The molecule has 1 unspecified atom stereocenters. The molecule has 0 aliphatic carbocycles. The summed E-state index contributed by atoms with van der Waals surface area (Å²) in [6, 6.07) is 16.5. The predicted molar refractivity (Wildman–Crippen MR) is 85.1 cm³/mol. The molecular weight excluding hydrogens is 260 g/mol. The fourth-order valence-electron chi connectivity index (χ4n) is 2.17. The molecule has 0 spiro atoms. The van der Waals surface area contributed by atoms with Gasteiger partial charge >= 0.3 is 0 Å². The molecule has 0 aliphatic rings. The molecule has 21 heavy (non-hydrogen) atoms. The summed E-state index contributed by atoms with van der Waals surface area (Å²) < 4.78 is 0. The van der Waals surface area contributed by atoms with Gasteiger partial charge in [0, 0.05) is 18.8 Å². The highest BCUT2D eigenvalue weighted by molar-refractivity contribution is 5.51. The van der Waals surface area contributed by atoms with E-state index in [4.69, 9.17) is 5.26 Å². The first kappa shape index (κ1) is 15.0. The maximum absolute atomic E-state index is 9.09. The Labute approximate surface area is 126 Å². The van der Waals surface area contributed by atoms with E-state index < -0.39 is 0 Å². The molecule has 0 bridgehead atoms. The molecule has 1 atom stereocenters. The number of nitrogens with one attached hydrogen (secondary N) is 1. The molecule has 108 valence electrons. The van der Waals surface area contributed by atoms with Gasteiger partial charge < -0.3 is 10.2 Å². The van der Waals surface area contributed by atoms with Crippen LogP contribution in [0.4, 0.5) is 5.82 Å². The number of anilines is 1. The van der Waals surface area contributed by atoms with E-state index in [-0.39, 0.29) is 0 Å². The largest absolute Gasteiger partial charge is 0.367 e. The second kappa shape index (κ2) is 7.41. The first-order valence-corrected chi connectivity index (χ1v) is 7.00. The first-order chi connectivity index (χ1) is 10.2. The topological polar surface area (TPSA) is 52.0 Å². The van der Waals surface area contributed by atoms with Gasteiger partial charge in [0.15, 0.2) is 0 Å². The van der Waals surface area contributed by atoms with Crippen molar-refractivity contribution in [1.82, 2.24) is 9.88 Å². The van der Waals surface area contributed by atoms with Gasteiger partial charge in [0.25, 0.3) is 0 Å². The molecule has 0 radical (unpaired) electrons. The van der Waals surface area contributed by atoms with Crippen LogP contribution in [-0.4, -0.2) is 36.6 Å². The number of hydrogen-bond acceptors (Lipinski definition) is 4. The minimum Gasteiger partial charge on any atom is -0.367 e. The molecular formula is C17H20N4. The van der Waals surface area contributed by atoms with Gasteiger partial charge in [-0.15, -0.1) is 0 Å². The van der Waals surface area contributed by atoms with E-state index in [2.05, 4.69) is 59.6 Å². The molecule has 0 amide bonds. The van der Waals surface area contributed by atoms with Crippen LogP contribution in [0.1, 0.15) is 11.1 Å². The van der Waals surface area contributed by atoms with Crippen molar-refractivity contribution in [3.63, 3.8) is 0 Å². The van der Waals surface area contributed by atoms with Crippen LogP contribution < -0.4 is 5.32 Å². The van der Waals surface area contributed by atoms with E-state index >= 15 is 0 Å². The summed E-state index contributed by atoms with van der Waals surface area (Å²) in [6.45, 7) is 0.744. The molecule has 2 rings (SSSR count). The van der Waals surface area contributed by atoms with Crippen molar-refractivity contribution in [3.05, 3.63) is 59.8 Å². The van der Waals surface area contributed by atoms with Gasteiger partial charge in [0.1, 0.15) is 11.9 Å². The summed E-state index contributed by atoms with van der Waals surface area (Å²) in [5, 5.41) is 12.4. The van der Waals surface area contributed by atoms with Gasteiger partial charge in [0.2, 0.25) is 0 Å². The molecule has 4 nitrogen and oxygen atoms in total. The maximum Gasteiger partial charge on any atom is 0.143 e. The third-order valence-electron chi connectivity index (χ3n) is 3.48. The average molecular weight is 280 g/mol. The number of rotatable bonds is 6. The van der Waals surface area contributed by atoms with Crippen LogP contribution in [0.5, 0.6) is 0 Å². The van der Waals surface area contributed by atoms with E-state index in [9.17, 15) is 0 Å². The zero-order valence-electron chi connectivity index (χ0n) is 12.5. The number of hydrogen-bond donors (Lipinski definition) is 1. The molecule has 1 N–H and O–H groups in total. The van der Waals surface area contributed by atoms with Crippen molar-refractivity contribution in [2.24, 2.45) is 0 Å². The number of benzene rings is 1. The summed E-state index contributed by atoms with van der Waals surface area (Å²) in [5.74, 6) is 0.653. The number of pyridine rings is 1. The van der Waals surface area contributed by atoms with Crippen molar-refractivity contribution in [2.45, 2.75) is 12.5 Å². The van der Waals surface area contributed by atoms with Crippen LogP contribution in [0.25, 0.3) is 0 Å². The van der Waals surface area contributed by atoms with Crippen molar-refractivity contribution in [2.75, 3.05) is 26.0 Å². The monoisotopic (exact) mass is 280 g/mol. The third-order valence-corrected chi connectivity index (χ3v) is 3.48. The second-order valence-electron chi connectivity index (χ2n) is 5.20. The molecule has 4 heteroatoms. The van der Waals surface area contributed by atoms with Gasteiger partial charge in [-0.05, 0) is 38.2 Å². The van der Waals surface area contributed by atoms with Crippen LogP contribution in [0, 0.1) is 11.3 Å². The van der Waals surface area contributed by atoms with Crippen molar-refractivity contribution < 1.29 is 0 Å². The second-order valence-corrected chi connectivity index (χ2v) is 5.20. The van der Waals surface area contributed by atoms with Crippen molar-refractivity contribution in [1.29, 1.82) is 5.26 Å². The SMILES string of the molecule is CN(C)C(CNc1ncccc1C#N)Cc1ccccc1. The van der Waals surface area contributed by atoms with Crippen molar-refractivity contribution in [3.8, 4) is 6.07 Å². The Morgan fingerprint density at radius 1 is 1.19 bits per heavy atom. The summed E-state index contributed by atoms with van der Waals surface area (Å²) >= 11 is 0. The highest BCUT2D eigenvalue weighted by Gasteiger charge is 2.13. The third kappa shape index (κ3) is 4.30. The van der Waals surface area contributed by atoms with Crippen molar-refractivity contribution >= 4 is 5.82 Å². The Balaban J connectivity index is 2.02. The van der Waals surface area contributed by atoms with E-state index in [1.54, 1.807) is 18.3 Å². The Morgan fingerprint density at radius 3 is 2.62 bits per heavy atom. The van der Waals surface area contributed by atoms with E-state index in [1.165, 1.54) is 5.56 Å². The van der Waals surface area contributed by atoms with Gasteiger partial charge in [-0.25, -0.2) is 4.98 Å². The minimum atomic E-state index is 0.334. The number of likely N-dealkylation sites (N-methyl/N-ethyl adjacent to an activating group) is 1. The highest BCUT2D eigenvalue weighted by atomic mass is 15.1. The zero-order chi connectivity index (χ0) is 15.1. The summed E-state index contributed by atoms with van der Waals surface area (Å²) in [6.07, 6.45) is 2.65. The molecule has 0 saturated carbocycles. The predicted octanol–water partition coefficient (Wildman–Crippen LogP) is 2.54. The van der Waals surface area contributed by atoms with Gasteiger partial charge in [-0.1, -0.05) is 30.3 Å². The molecule has 1 aromatic carbocycles. The fraction of sp³-hybridized carbons (Fsp3) is 0.294. The van der Waals surface area contributed by atoms with Crippen LogP contribution in [0.2, 0.25) is 0 Å². The zero-order valence-corrected chi connectivity index (χ0v) is 12.5. The van der Waals surface area contributed by atoms with Crippen LogP contribution in [-0.2, 0) is 6.42 Å². The molecule has 1 aromatic heterocycles. The van der Waals surface area contributed by atoms with Gasteiger partial charge in [-0.2, -0.15) is 5.26 Å². The molecule has 1 heterocycles. The Kier molecular flexibility index (Phi) is 5.30. The Hall–Kier alpha value is -2.38. The lowest BCUT2D eigenvalue weighted by molar-refractivity contribution is 0.303. The number of aromatic nitrogens is 1.